The van der Waals surface area contributed by atoms with Crippen molar-refractivity contribution in [2.24, 2.45) is 0 Å². The fourth-order valence-electron chi connectivity index (χ4n) is 5.30. The van der Waals surface area contributed by atoms with Crippen molar-refractivity contribution >= 4 is 13.8 Å². The second kappa shape index (κ2) is 37.1. The first-order valence-electron chi connectivity index (χ1n) is 21.0. The van der Waals surface area contributed by atoms with E-state index in [1.165, 1.54) is 77.0 Å². The van der Waals surface area contributed by atoms with Crippen LogP contribution >= 0.6 is 7.82 Å². The molecule has 0 aliphatic heterocycles. The highest BCUT2D eigenvalue weighted by atomic mass is 31.2. The third kappa shape index (κ3) is 41.2. The van der Waals surface area contributed by atoms with Gasteiger partial charge in [0.05, 0.1) is 34.4 Å². The quantitative estimate of drug-likeness (QED) is 0.0220. The van der Waals surface area contributed by atoms with Crippen LogP contribution in [0, 0.1) is 0 Å². The highest BCUT2D eigenvalue weighted by Gasteiger charge is 2.26. The summed E-state index contributed by atoms with van der Waals surface area (Å²) < 4.78 is 34.9. The zero-order valence-corrected chi connectivity index (χ0v) is 35.6. The van der Waals surface area contributed by atoms with E-state index in [2.05, 4.69) is 74.6 Å². The number of quaternary nitrogens is 1. The summed E-state index contributed by atoms with van der Waals surface area (Å²) in [6, 6.07) is 0. The van der Waals surface area contributed by atoms with Gasteiger partial charge in [0.25, 0.3) is 0 Å². The zero-order valence-electron chi connectivity index (χ0n) is 34.7. The molecule has 9 heteroatoms. The topological polar surface area (TPSA) is 91.3 Å². The van der Waals surface area contributed by atoms with E-state index in [1.807, 2.05) is 21.1 Å². The Labute approximate surface area is 326 Å². The number of hydrogen-bond donors (Lipinski definition) is 1. The Morgan fingerprint density at radius 2 is 1.09 bits per heavy atom. The smallest absolute Gasteiger partial charge is 0.457 e. The van der Waals surface area contributed by atoms with Gasteiger partial charge in [-0.3, -0.25) is 13.8 Å². The molecule has 2 atom stereocenters. The van der Waals surface area contributed by atoms with Crippen molar-refractivity contribution in [1.29, 1.82) is 0 Å². The lowest BCUT2D eigenvalue weighted by Crippen LogP contribution is -2.37. The third-order valence-electron chi connectivity index (χ3n) is 8.56. The predicted molar refractivity (Wildman–Crippen MR) is 224 cm³/mol. The lowest BCUT2D eigenvalue weighted by molar-refractivity contribution is -0.870. The number of unbranched alkanes of at least 4 members (excludes halogenated alkanes) is 14. The molecule has 0 aromatic rings. The first-order chi connectivity index (χ1) is 25.6. The van der Waals surface area contributed by atoms with E-state index in [0.717, 1.165) is 51.4 Å². The van der Waals surface area contributed by atoms with Gasteiger partial charge in [-0.15, -0.1) is 0 Å². The second-order valence-electron chi connectivity index (χ2n) is 15.0. The van der Waals surface area contributed by atoms with Crippen LogP contribution in [-0.4, -0.2) is 75.6 Å². The summed E-state index contributed by atoms with van der Waals surface area (Å²) in [6.45, 7) is 5.41. The van der Waals surface area contributed by atoms with Crippen molar-refractivity contribution in [1.82, 2.24) is 0 Å². The van der Waals surface area contributed by atoms with Gasteiger partial charge in [-0.25, -0.2) is 4.57 Å². The molecule has 0 aromatic carbocycles. The largest absolute Gasteiger partial charge is 0.472 e. The van der Waals surface area contributed by atoms with Crippen LogP contribution in [0.3, 0.4) is 0 Å². The van der Waals surface area contributed by atoms with Crippen LogP contribution in [0.4, 0.5) is 0 Å². The highest BCUT2D eigenvalue weighted by molar-refractivity contribution is 7.47. The predicted octanol–water partition coefficient (Wildman–Crippen LogP) is 12.2. The molecule has 308 valence electrons. The van der Waals surface area contributed by atoms with Crippen molar-refractivity contribution in [3.63, 3.8) is 0 Å². The maximum atomic E-state index is 12.6. The Bertz CT molecular complexity index is 1030. The molecule has 0 aliphatic carbocycles. The monoisotopic (exact) mass is 767 g/mol. The van der Waals surface area contributed by atoms with E-state index >= 15 is 0 Å². The van der Waals surface area contributed by atoms with Gasteiger partial charge in [0.1, 0.15) is 19.3 Å². The molecule has 0 saturated heterocycles. The molecular formula is C44H81NO7P+. The highest BCUT2D eigenvalue weighted by Crippen LogP contribution is 2.43. The summed E-state index contributed by atoms with van der Waals surface area (Å²) in [7, 11) is 1.63. The molecule has 0 radical (unpaired) electrons. The van der Waals surface area contributed by atoms with Crippen molar-refractivity contribution in [2.75, 3.05) is 54.1 Å². The van der Waals surface area contributed by atoms with Crippen LogP contribution in [0.15, 0.2) is 60.8 Å². The summed E-state index contributed by atoms with van der Waals surface area (Å²) in [5, 5.41) is 0. The van der Waals surface area contributed by atoms with Gasteiger partial charge in [-0.1, -0.05) is 132 Å². The molecule has 2 unspecified atom stereocenters. The summed E-state index contributed by atoms with van der Waals surface area (Å²) in [4.78, 5) is 22.8. The number of carbonyl (C=O) groups is 1. The maximum Gasteiger partial charge on any atom is 0.472 e. The van der Waals surface area contributed by atoms with Crippen LogP contribution in [0.5, 0.6) is 0 Å². The van der Waals surface area contributed by atoms with Crippen molar-refractivity contribution in [3.8, 4) is 0 Å². The number of likely N-dealkylation sites (N-methyl/N-ethyl adjacent to an activating group) is 1. The zero-order chi connectivity index (χ0) is 39.1. The van der Waals surface area contributed by atoms with E-state index in [0.29, 0.717) is 24.1 Å². The summed E-state index contributed by atoms with van der Waals surface area (Å²) in [5.41, 5.74) is 0. The minimum absolute atomic E-state index is 0.0768. The number of hydrogen-bond acceptors (Lipinski definition) is 6. The number of allylic oxidation sites excluding steroid dienone is 10. The van der Waals surface area contributed by atoms with Crippen LogP contribution in [0.2, 0.25) is 0 Å². The molecule has 0 bridgehead atoms. The minimum atomic E-state index is -4.29. The van der Waals surface area contributed by atoms with Crippen LogP contribution in [0.25, 0.3) is 0 Å². The number of ether oxygens (including phenoxy) is 2. The normalized spacial score (nSPS) is 14.5. The van der Waals surface area contributed by atoms with Crippen molar-refractivity contribution in [3.05, 3.63) is 60.8 Å². The fraction of sp³-hybridized carbons (Fsp3) is 0.750. The van der Waals surface area contributed by atoms with Gasteiger partial charge in [0.15, 0.2) is 0 Å². The summed E-state index contributed by atoms with van der Waals surface area (Å²) in [6.07, 6.45) is 45.4. The number of carbonyl (C=O) groups excluding carboxylic acids is 1. The Morgan fingerprint density at radius 3 is 1.66 bits per heavy atom. The van der Waals surface area contributed by atoms with Crippen molar-refractivity contribution < 1.29 is 37.3 Å². The number of phosphoric acid groups is 1. The molecule has 1 N–H and O–H groups in total. The fourth-order valence-corrected chi connectivity index (χ4v) is 6.04. The van der Waals surface area contributed by atoms with Gasteiger partial charge < -0.3 is 18.9 Å². The molecule has 0 amide bonds. The minimum Gasteiger partial charge on any atom is -0.457 e. The van der Waals surface area contributed by atoms with Gasteiger partial charge in [-0.2, -0.15) is 0 Å². The van der Waals surface area contributed by atoms with Gasteiger partial charge in [0, 0.05) is 13.0 Å². The maximum absolute atomic E-state index is 12.6. The molecule has 53 heavy (non-hydrogen) atoms. The number of nitrogens with zero attached hydrogens (tertiary/aromatic N) is 1. The Morgan fingerprint density at radius 1 is 0.604 bits per heavy atom. The molecule has 0 rings (SSSR count). The van der Waals surface area contributed by atoms with Gasteiger partial charge >= 0.3 is 13.8 Å². The standard InChI is InChI=1S/C44H80NO7P/c1-6-8-10-12-14-16-18-20-22-24-26-28-30-32-34-36-39-49-41-43(42-51-53(47,48)50-40-38-45(3,4)5)52-44(46)37-35-33-31-29-27-25-23-21-19-17-15-13-11-9-7-2/h9,11,15,17,20-23,27,29,43H,6-8,10,12-14,16,18-19,24-26,28,30-42H2,1-5H3/p+1/b11-9-,17-15-,22-20-,23-21-,29-27-. The van der Waals surface area contributed by atoms with E-state index < -0.39 is 13.9 Å². The molecule has 8 nitrogen and oxygen atoms in total. The molecular weight excluding hydrogens is 685 g/mol. The lowest BCUT2D eigenvalue weighted by Gasteiger charge is -2.24. The first kappa shape index (κ1) is 51.2. The average molecular weight is 767 g/mol. The molecule has 0 spiro atoms. The van der Waals surface area contributed by atoms with Gasteiger partial charge in [0.2, 0.25) is 0 Å². The Kier molecular flexibility index (Phi) is 35.9. The van der Waals surface area contributed by atoms with E-state index in [4.69, 9.17) is 18.5 Å². The molecule has 0 fully saturated rings. The number of rotatable bonds is 38. The number of phosphoric ester groups is 1. The summed E-state index contributed by atoms with van der Waals surface area (Å²) >= 11 is 0. The SMILES string of the molecule is CC/C=C\C/C=C\C/C=C\C/C=C\CCCCC(=O)OC(COCCCCCCCC/C=C\CCCCCCCC)COP(=O)(O)OCC[N+](C)(C)C. The van der Waals surface area contributed by atoms with E-state index in [-0.39, 0.29) is 32.2 Å². The Balaban J connectivity index is 4.35. The van der Waals surface area contributed by atoms with Crippen LogP contribution < -0.4 is 0 Å². The molecule has 0 aromatic heterocycles. The Hall–Kier alpha value is -1.80. The summed E-state index contributed by atoms with van der Waals surface area (Å²) in [5.74, 6) is -0.358. The lowest BCUT2D eigenvalue weighted by atomic mass is 10.1. The van der Waals surface area contributed by atoms with Gasteiger partial charge in [-0.05, 0) is 77.0 Å². The molecule has 0 aliphatic rings. The van der Waals surface area contributed by atoms with Crippen LogP contribution in [-0.2, 0) is 27.9 Å². The van der Waals surface area contributed by atoms with Crippen molar-refractivity contribution in [2.45, 2.75) is 161 Å². The van der Waals surface area contributed by atoms with E-state index in [9.17, 15) is 14.3 Å². The molecule has 0 saturated carbocycles. The first-order valence-corrected chi connectivity index (χ1v) is 22.5. The third-order valence-corrected chi connectivity index (χ3v) is 9.55. The second-order valence-corrected chi connectivity index (χ2v) is 16.4. The molecule has 0 heterocycles. The van der Waals surface area contributed by atoms with Crippen LogP contribution in [0.1, 0.15) is 155 Å². The van der Waals surface area contributed by atoms with E-state index in [1.54, 1.807) is 0 Å². The average Bonchev–Trinajstić information content (AvgIpc) is 3.11. The number of esters is 1.